The molecule has 0 amide bonds. The van der Waals surface area contributed by atoms with Crippen molar-refractivity contribution in [3.8, 4) is 0 Å². The molecule has 0 radical (unpaired) electrons. The van der Waals surface area contributed by atoms with Crippen molar-refractivity contribution in [2.24, 2.45) is 0 Å². The molecular weight excluding hydrogens is 423 g/mol. The SMILES string of the molecule is FC(F)c1cc(I)c(Br)nc1CBr. The molecule has 1 nitrogen and oxygen atoms in total. The first-order valence-electron chi connectivity index (χ1n) is 3.25. The van der Waals surface area contributed by atoms with Crippen molar-refractivity contribution in [3.05, 3.63) is 25.5 Å². The molecule has 0 spiro atoms. The van der Waals surface area contributed by atoms with Crippen LogP contribution in [0.25, 0.3) is 0 Å². The highest BCUT2D eigenvalue weighted by Crippen LogP contribution is 2.28. The molecule has 1 heterocycles. The minimum atomic E-state index is -2.47. The Balaban J connectivity index is 3.25. The summed E-state index contributed by atoms with van der Waals surface area (Å²) in [6, 6.07) is 1.44. The van der Waals surface area contributed by atoms with Crippen molar-refractivity contribution in [1.29, 1.82) is 0 Å². The number of alkyl halides is 3. The summed E-state index contributed by atoms with van der Waals surface area (Å²) in [6.45, 7) is 0. The minimum Gasteiger partial charge on any atom is -0.243 e. The third kappa shape index (κ3) is 2.82. The Morgan fingerprint density at radius 2 is 2.15 bits per heavy atom. The second kappa shape index (κ2) is 4.97. The minimum absolute atomic E-state index is 0.00975. The third-order valence-corrected chi connectivity index (χ3v) is 4.11. The summed E-state index contributed by atoms with van der Waals surface area (Å²) in [5.74, 6) is 0. The van der Waals surface area contributed by atoms with Crippen LogP contribution in [0, 0.1) is 3.57 Å². The average molecular weight is 427 g/mol. The molecule has 0 saturated heterocycles. The molecule has 0 aliphatic rings. The number of nitrogens with zero attached hydrogens (tertiary/aromatic N) is 1. The molecule has 0 fully saturated rings. The molecule has 0 aromatic carbocycles. The van der Waals surface area contributed by atoms with Crippen LogP contribution >= 0.6 is 54.5 Å². The Bertz CT molecular complexity index is 320. The number of halogens is 5. The fourth-order valence-electron chi connectivity index (χ4n) is 0.812. The highest BCUT2D eigenvalue weighted by atomic mass is 127. The molecule has 72 valence electrons. The van der Waals surface area contributed by atoms with Crippen molar-refractivity contribution < 1.29 is 8.78 Å². The van der Waals surface area contributed by atoms with E-state index in [1.165, 1.54) is 6.07 Å². The van der Waals surface area contributed by atoms with Crippen molar-refractivity contribution in [2.75, 3.05) is 0 Å². The van der Waals surface area contributed by atoms with Crippen molar-refractivity contribution in [3.63, 3.8) is 0 Å². The average Bonchev–Trinajstić information content (AvgIpc) is 2.08. The van der Waals surface area contributed by atoms with Crippen LogP contribution in [-0.4, -0.2) is 4.98 Å². The molecule has 1 aromatic heterocycles. The van der Waals surface area contributed by atoms with Gasteiger partial charge >= 0.3 is 0 Å². The molecule has 1 rings (SSSR count). The number of aromatic nitrogens is 1. The Hall–Kier alpha value is 0.700. The summed E-state index contributed by atoms with van der Waals surface area (Å²) in [4.78, 5) is 3.99. The standard InChI is InChI=1S/C7H4Br2F2IN/c8-2-5-3(7(10)11)1-4(12)6(9)13-5/h1,7H,2H2. The quantitative estimate of drug-likeness (QED) is 0.391. The van der Waals surface area contributed by atoms with E-state index in [1.807, 2.05) is 22.6 Å². The summed E-state index contributed by atoms with van der Waals surface area (Å²) in [5.41, 5.74) is 0.367. The number of rotatable bonds is 2. The van der Waals surface area contributed by atoms with Gasteiger partial charge in [-0.3, -0.25) is 0 Å². The van der Waals surface area contributed by atoms with E-state index in [4.69, 9.17) is 0 Å². The van der Waals surface area contributed by atoms with Crippen molar-refractivity contribution in [2.45, 2.75) is 11.8 Å². The van der Waals surface area contributed by atoms with Gasteiger partial charge in [-0.15, -0.1) is 0 Å². The van der Waals surface area contributed by atoms with Crippen LogP contribution in [0.2, 0.25) is 0 Å². The molecule has 1 aromatic rings. The fraction of sp³-hybridized carbons (Fsp3) is 0.286. The fourth-order valence-corrected chi connectivity index (χ4v) is 2.05. The molecule has 0 aliphatic heterocycles. The molecule has 0 bridgehead atoms. The van der Waals surface area contributed by atoms with E-state index in [9.17, 15) is 8.78 Å². The maximum atomic E-state index is 12.4. The number of pyridine rings is 1. The van der Waals surface area contributed by atoms with Gasteiger partial charge in [0.05, 0.1) is 5.69 Å². The Labute approximate surface area is 105 Å². The van der Waals surface area contributed by atoms with Crippen LogP contribution in [-0.2, 0) is 5.33 Å². The molecule has 13 heavy (non-hydrogen) atoms. The van der Waals surface area contributed by atoms with Crippen molar-refractivity contribution in [1.82, 2.24) is 4.98 Å². The first-order valence-corrected chi connectivity index (χ1v) is 6.24. The van der Waals surface area contributed by atoms with E-state index in [1.54, 1.807) is 0 Å². The van der Waals surface area contributed by atoms with Crippen LogP contribution in [0.1, 0.15) is 17.7 Å². The van der Waals surface area contributed by atoms with Gasteiger partial charge in [0, 0.05) is 14.5 Å². The van der Waals surface area contributed by atoms with Crippen LogP contribution in [0.3, 0.4) is 0 Å². The van der Waals surface area contributed by atoms with Gasteiger partial charge in [0.2, 0.25) is 0 Å². The van der Waals surface area contributed by atoms with Crippen LogP contribution in [0.4, 0.5) is 8.78 Å². The van der Waals surface area contributed by atoms with Crippen LogP contribution < -0.4 is 0 Å². The molecular formula is C7H4Br2F2IN. The van der Waals surface area contributed by atoms with Crippen LogP contribution in [0.5, 0.6) is 0 Å². The molecule has 0 saturated carbocycles. The summed E-state index contributed by atoms with van der Waals surface area (Å²) in [7, 11) is 0. The molecule has 0 unspecified atom stereocenters. The normalized spacial score (nSPS) is 10.9. The zero-order chi connectivity index (χ0) is 10.0. The zero-order valence-corrected chi connectivity index (χ0v) is 11.5. The van der Waals surface area contributed by atoms with Gasteiger partial charge in [-0.05, 0) is 44.6 Å². The topological polar surface area (TPSA) is 12.9 Å². The van der Waals surface area contributed by atoms with Crippen molar-refractivity contribution >= 4 is 54.5 Å². The lowest BCUT2D eigenvalue weighted by molar-refractivity contribution is 0.150. The van der Waals surface area contributed by atoms with Gasteiger partial charge in [-0.2, -0.15) is 0 Å². The Morgan fingerprint density at radius 3 is 2.62 bits per heavy atom. The molecule has 0 N–H and O–H groups in total. The summed E-state index contributed by atoms with van der Waals surface area (Å²) in [6.07, 6.45) is -2.47. The number of hydrogen-bond donors (Lipinski definition) is 0. The molecule has 0 aliphatic carbocycles. The van der Waals surface area contributed by atoms with Gasteiger partial charge in [-0.25, -0.2) is 13.8 Å². The number of hydrogen-bond acceptors (Lipinski definition) is 1. The highest BCUT2D eigenvalue weighted by molar-refractivity contribution is 14.1. The van der Waals surface area contributed by atoms with E-state index in [0.29, 0.717) is 19.2 Å². The summed E-state index contributed by atoms with van der Waals surface area (Å²) < 4.78 is 26.2. The third-order valence-electron chi connectivity index (χ3n) is 1.41. The Kier molecular flexibility index (Phi) is 4.50. The van der Waals surface area contributed by atoms with E-state index in [0.717, 1.165) is 0 Å². The molecule has 6 heteroatoms. The predicted molar refractivity (Wildman–Crippen MR) is 62.2 cm³/mol. The van der Waals surface area contributed by atoms with Gasteiger partial charge in [0.15, 0.2) is 0 Å². The monoisotopic (exact) mass is 425 g/mol. The van der Waals surface area contributed by atoms with Gasteiger partial charge in [0.25, 0.3) is 6.43 Å². The van der Waals surface area contributed by atoms with Crippen LogP contribution in [0.15, 0.2) is 10.7 Å². The summed E-state index contributed by atoms with van der Waals surface area (Å²) >= 11 is 8.26. The Morgan fingerprint density at radius 1 is 1.54 bits per heavy atom. The lowest BCUT2D eigenvalue weighted by Gasteiger charge is -2.07. The van der Waals surface area contributed by atoms with Gasteiger partial charge in [-0.1, -0.05) is 15.9 Å². The zero-order valence-electron chi connectivity index (χ0n) is 6.20. The first kappa shape index (κ1) is 11.8. The second-order valence-corrected chi connectivity index (χ2v) is 4.71. The van der Waals surface area contributed by atoms with Gasteiger partial charge in [0.1, 0.15) is 4.60 Å². The van der Waals surface area contributed by atoms with E-state index in [2.05, 4.69) is 36.8 Å². The largest absolute Gasteiger partial charge is 0.265 e. The first-order chi connectivity index (χ1) is 6.06. The highest BCUT2D eigenvalue weighted by Gasteiger charge is 2.15. The summed E-state index contributed by atoms with van der Waals surface area (Å²) in [5, 5.41) is 0.336. The van der Waals surface area contributed by atoms with E-state index < -0.39 is 6.43 Å². The smallest absolute Gasteiger partial charge is 0.243 e. The van der Waals surface area contributed by atoms with E-state index in [-0.39, 0.29) is 5.56 Å². The lowest BCUT2D eigenvalue weighted by atomic mass is 10.2. The molecule has 0 atom stereocenters. The second-order valence-electron chi connectivity index (χ2n) is 2.23. The maximum absolute atomic E-state index is 12.4. The van der Waals surface area contributed by atoms with E-state index >= 15 is 0 Å². The lowest BCUT2D eigenvalue weighted by Crippen LogP contribution is -1.98. The predicted octanol–water partition coefficient (Wildman–Crippen LogP) is 4.28. The maximum Gasteiger partial charge on any atom is 0.265 e. The van der Waals surface area contributed by atoms with Gasteiger partial charge < -0.3 is 0 Å².